The summed E-state index contributed by atoms with van der Waals surface area (Å²) < 4.78 is 35.1. The molecule has 6 nitrogen and oxygen atoms in total. The molecule has 1 aromatic rings. The highest BCUT2D eigenvalue weighted by molar-refractivity contribution is 7.92. The highest BCUT2D eigenvalue weighted by atomic mass is 32.2. The molecule has 0 saturated heterocycles. The Balaban J connectivity index is 3.14. The molecule has 0 fully saturated rings. The Morgan fingerprint density at radius 1 is 1.40 bits per heavy atom. The van der Waals surface area contributed by atoms with Crippen molar-refractivity contribution in [2.75, 3.05) is 16.7 Å². The lowest BCUT2D eigenvalue weighted by molar-refractivity contribution is 0.606. The fourth-order valence-electron chi connectivity index (χ4n) is 0.986. The van der Waals surface area contributed by atoms with Crippen LogP contribution in [0.4, 0.5) is 11.4 Å². The molecule has 1 unspecified atom stereocenters. The van der Waals surface area contributed by atoms with Gasteiger partial charge in [-0.05, 0) is 18.2 Å². The summed E-state index contributed by atoms with van der Waals surface area (Å²) in [5.41, 5.74) is 6.04. The molecule has 0 radical (unpaired) electrons. The zero-order valence-electron chi connectivity index (χ0n) is 7.93. The van der Waals surface area contributed by atoms with Crippen molar-refractivity contribution in [3.8, 4) is 0 Å². The van der Waals surface area contributed by atoms with E-state index in [1.165, 1.54) is 18.2 Å². The van der Waals surface area contributed by atoms with Crippen LogP contribution in [0.15, 0.2) is 23.1 Å². The standard InChI is InChI=1S/C7H11N3O3S2/c1-15(12,13)10-5-2-3-6(8)7(4-5)14(9)11/h2-4,10H,8-9H2,1H3. The van der Waals surface area contributed by atoms with Crippen LogP contribution < -0.4 is 15.6 Å². The molecule has 0 spiro atoms. The van der Waals surface area contributed by atoms with Crippen molar-refractivity contribution in [2.45, 2.75) is 4.90 Å². The molecule has 0 aliphatic heterocycles. The lowest BCUT2D eigenvalue weighted by Crippen LogP contribution is -2.11. The first-order valence-electron chi connectivity index (χ1n) is 3.83. The Hall–Kier alpha value is -1.12. The summed E-state index contributed by atoms with van der Waals surface area (Å²) in [4.78, 5) is 0.198. The Kier molecular flexibility index (Phi) is 3.32. The Morgan fingerprint density at radius 2 is 2.00 bits per heavy atom. The molecule has 1 atom stereocenters. The maximum absolute atomic E-state index is 11.0. The number of hydrogen-bond donors (Lipinski definition) is 3. The fraction of sp³-hybridized carbons (Fsp3) is 0.143. The van der Waals surface area contributed by atoms with Crippen LogP contribution in [0.25, 0.3) is 0 Å². The Bertz CT molecular complexity index is 498. The monoisotopic (exact) mass is 249 g/mol. The predicted molar refractivity (Wildman–Crippen MR) is 59.9 cm³/mol. The predicted octanol–water partition coefficient (Wildman–Crippen LogP) is -0.378. The summed E-state index contributed by atoms with van der Waals surface area (Å²) in [6.07, 6.45) is 1.02. The molecule has 0 aliphatic carbocycles. The van der Waals surface area contributed by atoms with Gasteiger partial charge in [0.05, 0.1) is 11.2 Å². The summed E-state index contributed by atoms with van der Waals surface area (Å²) in [7, 11) is -5.10. The van der Waals surface area contributed by atoms with E-state index < -0.39 is 21.0 Å². The molecule has 1 rings (SSSR count). The first-order valence-corrected chi connectivity index (χ1v) is 6.93. The molecular formula is C7H11N3O3S2. The normalized spacial score (nSPS) is 13.5. The molecule has 0 amide bonds. The van der Waals surface area contributed by atoms with Gasteiger partial charge in [-0.1, -0.05) is 0 Å². The summed E-state index contributed by atoms with van der Waals surface area (Å²) in [6, 6.07) is 4.24. The minimum absolute atomic E-state index is 0.198. The van der Waals surface area contributed by atoms with Gasteiger partial charge in [0.2, 0.25) is 10.0 Å². The van der Waals surface area contributed by atoms with E-state index in [0.29, 0.717) is 0 Å². The smallest absolute Gasteiger partial charge is 0.229 e. The lowest BCUT2D eigenvalue weighted by Gasteiger charge is -2.07. The van der Waals surface area contributed by atoms with Crippen LogP contribution in [0.3, 0.4) is 0 Å². The lowest BCUT2D eigenvalue weighted by atomic mass is 10.3. The second kappa shape index (κ2) is 4.17. The van der Waals surface area contributed by atoms with Gasteiger partial charge >= 0.3 is 0 Å². The van der Waals surface area contributed by atoms with E-state index in [9.17, 15) is 12.6 Å². The van der Waals surface area contributed by atoms with Gasteiger partial charge in [-0.15, -0.1) is 0 Å². The summed E-state index contributed by atoms with van der Waals surface area (Å²) in [5, 5.41) is 5.16. The fourth-order valence-corrected chi connectivity index (χ4v) is 2.08. The van der Waals surface area contributed by atoms with Crippen molar-refractivity contribution in [1.82, 2.24) is 0 Å². The van der Waals surface area contributed by atoms with Crippen LogP contribution in [-0.2, 0) is 21.0 Å². The van der Waals surface area contributed by atoms with Crippen molar-refractivity contribution in [2.24, 2.45) is 5.14 Å². The van der Waals surface area contributed by atoms with Crippen LogP contribution in [0.2, 0.25) is 0 Å². The maximum Gasteiger partial charge on any atom is 0.229 e. The van der Waals surface area contributed by atoms with Crippen LogP contribution >= 0.6 is 0 Å². The summed E-state index contributed by atoms with van der Waals surface area (Å²) in [5.74, 6) is 0. The first kappa shape index (κ1) is 12.0. The van der Waals surface area contributed by atoms with Crippen molar-refractivity contribution in [1.29, 1.82) is 0 Å². The van der Waals surface area contributed by atoms with E-state index in [1.807, 2.05) is 0 Å². The number of nitrogens with two attached hydrogens (primary N) is 2. The molecule has 5 N–H and O–H groups in total. The zero-order chi connectivity index (χ0) is 11.6. The largest absolute Gasteiger partial charge is 0.398 e. The van der Waals surface area contributed by atoms with Gasteiger partial charge < -0.3 is 5.73 Å². The summed E-state index contributed by atoms with van der Waals surface area (Å²) >= 11 is 0. The van der Waals surface area contributed by atoms with Gasteiger partial charge in [0.25, 0.3) is 0 Å². The van der Waals surface area contributed by atoms with Gasteiger partial charge in [0.1, 0.15) is 11.0 Å². The van der Waals surface area contributed by atoms with Crippen molar-refractivity contribution >= 4 is 32.4 Å². The molecular weight excluding hydrogens is 238 g/mol. The van der Waals surface area contributed by atoms with Crippen LogP contribution in [0, 0.1) is 0 Å². The van der Waals surface area contributed by atoms with Crippen LogP contribution in [0.5, 0.6) is 0 Å². The highest BCUT2D eigenvalue weighted by Crippen LogP contribution is 2.20. The van der Waals surface area contributed by atoms with E-state index in [1.54, 1.807) is 0 Å². The average Bonchev–Trinajstić information content (AvgIpc) is 2.05. The van der Waals surface area contributed by atoms with Gasteiger partial charge in [-0.25, -0.2) is 17.8 Å². The molecule has 0 aliphatic rings. The van der Waals surface area contributed by atoms with E-state index in [2.05, 4.69) is 4.72 Å². The Morgan fingerprint density at radius 3 is 2.47 bits per heavy atom. The minimum Gasteiger partial charge on any atom is -0.398 e. The average molecular weight is 249 g/mol. The second-order valence-corrected chi connectivity index (χ2v) is 5.71. The van der Waals surface area contributed by atoms with Crippen molar-refractivity contribution < 1.29 is 12.6 Å². The van der Waals surface area contributed by atoms with Gasteiger partial charge in [0.15, 0.2) is 0 Å². The number of rotatable bonds is 3. The Labute approximate surface area is 90.3 Å². The number of sulfonamides is 1. The summed E-state index contributed by atoms with van der Waals surface area (Å²) in [6.45, 7) is 0. The molecule has 0 aromatic heterocycles. The third-order valence-corrected chi connectivity index (χ3v) is 2.93. The second-order valence-electron chi connectivity index (χ2n) is 2.92. The quantitative estimate of drug-likeness (QED) is 0.633. The van der Waals surface area contributed by atoms with E-state index in [4.69, 9.17) is 10.9 Å². The maximum atomic E-state index is 11.0. The van der Waals surface area contributed by atoms with Crippen LogP contribution in [-0.4, -0.2) is 18.9 Å². The molecule has 0 saturated carbocycles. The SMILES string of the molecule is CS(=O)(=O)Nc1ccc(N)c(S(N)=O)c1. The van der Waals surface area contributed by atoms with Crippen molar-refractivity contribution in [3.05, 3.63) is 18.2 Å². The molecule has 8 heteroatoms. The van der Waals surface area contributed by atoms with Gasteiger partial charge in [-0.3, -0.25) is 4.72 Å². The number of hydrogen-bond acceptors (Lipinski definition) is 4. The van der Waals surface area contributed by atoms with E-state index in [0.717, 1.165) is 6.26 Å². The molecule has 84 valence electrons. The zero-order valence-corrected chi connectivity index (χ0v) is 9.56. The number of benzene rings is 1. The number of nitrogen functional groups attached to an aromatic ring is 1. The number of anilines is 2. The molecule has 0 heterocycles. The van der Waals surface area contributed by atoms with E-state index >= 15 is 0 Å². The molecule has 15 heavy (non-hydrogen) atoms. The van der Waals surface area contributed by atoms with Crippen LogP contribution in [0.1, 0.15) is 0 Å². The topological polar surface area (TPSA) is 115 Å². The third-order valence-electron chi connectivity index (χ3n) is 1.53. The van der Waals surface area contributed by atoms with Gasteiger partial charge in [0, 0.05) is 11.4 Å². The number of nitrogens with one attached hydrogen (secondary N) is 1. The van der Waals surface area contributed by atoms with Crippen molar-refractivity contribution in [3.63, 3.8) is 0 Å². The highest BCUT2D eigenvalue weighted by Gasteiger charge is 2.07. The molecule has 0 bridgehead atoms. The van der Waals surface area contributed by atoms with E-state index in [-0.39, 0.29) is 16.3 Å². The minimum atomic E-state index is -3.36. The molecule has 1 aromatic carbocycles. The first-order chi connectivity index (χ1) is 6.79. The van der Waals surface area contributed by atoms with Gasteiger partial charge in [-0.2, -0.15) is 0 Å². The third kappa shape index (κ3) is 3.50.